The van der Waals surface area contributed by atoms with Crippen LogP contribution in [0.4, 0.5) is 11.4 Å². The number of hydrogen-bond donors (Lipinski definition) is 2. The van der Waals surface area contributed by atoms with Crippen molar-refractivity contribution in [3.05, 3.63) is 47.8 Å². The zero-order chi connectivity index (χ0) is 12.4. The minimum atomic E-state index is -0.120. The van der Waals surface area contributed by atoms with Crippen molar-refractivity contribution in [2.24, 2.45) is 7.05 Å². The van der Waals surface area contributed by atoms with E-state index in [-0.39, 0.29) is 5.91 Å². The molecule has 0 saturated heterocycles. The minimum absolute atomic E-state index is 0.120. The molecule has 4 heteroatoms. The van der Waals surface area contributed by atoms with E-state index in [2.05, 4.69) is 5.32 Å². The fraction of sp³-hybridized carbons (Fsp3) is 0.154. The van der Waals surface area contributed by atoms with Crippen LogP contribution in [0, 0.1) is 6.92 Å². The summed E-state index contributed by atoms with van der Waals surface area (Å²) >= 11 is 0. The fourth-order valence-electron chi connectivity index (χ4n) is 1.60. The normalized spacial score (nSPS) is 10.2. The number of rotatable bonds is 2. The number of nitrogens with two attached hydrogens (primary N) is 1. The number of hydrogen-bond acceptors (Lipinski definition) is 2. The molecule has 1 amide bonds. The van der Waals surface area contributed by atoms with Crippen molar-refractivity contribution < 1.29 is 4.79 Å². The van der Waals surface area contributed by atoms with E-state index >= 15 is 0 Å². The summed E-state index contributed by atoms with van der Waals surface area (Å²) in [6, 6.07) is 10.8. The Hall–Kier alpha value is -2.23. The number of aromatic nitrogens is 1. The molecule has 0 spiro atoms. The summed E-state index contributed by atoms with van der Waals surface area (Å²) in [5, 5.41) is 2.82. The van der Waals surface area contributed by atoms with Crippen molar-refractivity contribution >= 4 is 17.3 Å². The van der Waals surface area contributed by atoms with Crippen LogP contribution in [0.25, 0.3) is 0 Å². The summed E-state index contributed by atoms with van der Waals surface area (Å²) in [5.41, 5.74) is 8.68. The molecule has 1 aromatic heterocycles. The van der Waals surface area contributed by atoms with Gasteiger partial charge in [0.1, 0.15) is 5.69 Å². The molecule has 1 heterocycles. The summed E-state index contributed by atoms with van der Waals surface area (Å²) in [6.07, 6.45) is 0. The number of amides is 1. The van der Waals surface area contributed by atoms with Crippen molar-refractivity contribution in [1.29, 1.82) is 0 Å². The van der Waals surface area contributed by atoms with Crippen molar-refractivity contribution in [2.45, 2.75) is 6.92 Å². The summed E-state index contributed by atoms with van der Waals surface area (Å²) < 4.78 is 1.85. The van der Waals surface area contributed by atoms with Gasteiger partial charge in [-0.15, -0.1) is 0 Å². The number of aryl methyl sites for hydroxylation is 1. The molecular weight excluding hydrogens is 214 g/mol. The Morgan fingerprint density at radius 3 is 2.35 bits per heavy atom. The summed E-state index contributed by atoms with van der Waals surface area (Å²) in [4.78, 5) is 12.0. The summed E-state index contributed by atoms with van der Waals surface area (Å²) in [6.45, 7) is 1.96. The average molecular weight is 229 g/mol. The third-order valence-corrected chi connectivity index (χ3v) is 2.77. The molecule has 1 aromatic carbocycles. The molecule has 4 nitrogen and oxygen atoms in total. The predicted octanol–water partition coefficient (Wildman–Crippen LogP) is 2.17. The third kappa shape index (κ3) is 2.30. The lowest BCUT2D eigenvalue weighted by Gasteiger charge is -2.07. The Labute approximate surface area is 100 Å². The second kappa shape index (κ2) is 4.33. The monoisotopic (exact) mass is 229 g/mol. The zero-order valence-electron chi connectivity index (χ0n) is 9.90. The first-order valence-electron chi connectivity index (χ1n) is 5.37. The standard InChI is InChI=1S/C13H15N3O/c1-9-3-8-12(16(9)2)13(17)15-11-6-4-10(14)5-7-11/h3-8H,14H2,1-2H3,(H,15,17). The average Bonchev–Trinajstić information content (AvgIpc) is 2.63. The molecule has 0 aliphatic carbocycles. The van der Waals surface area contributed by atoms with Gasteiger partial charge in [0.25, 0.3) is 5.91 Å². The Kier molecular flexibility index (Phi) is 2.87. The predicted molar refractivity (Wildman–Crippen MR) is 69.0 cm³/mol. The highest BCUT2D eigenvalue weighted by Crippen LogP contribution is 2.13. The number of anilines is 2. The molecule has 17 heavy (non-hydrogen) atoms. The molecule has 2 rings (SSSR count). The third-order valence-electron chi connectivity index (χ3n) is 2.77. The maximum Gasteiger partial charge on any atom is 0.272 e. The molecule has 0 aliphatic rings. The molecule has 0 atom stereocenters. The maximum absolute atomic E-state index is 12.0. The number of nitrogen functional groups attached to an aromatic ring is 1. The zero-order valence-corrected chi connectivity index (χ0v) is 9.90. The number of carbonyl (C=O) groups is 1. The van der Waals surface area contributed by atoms with Crippen LogP contribution < -0.4 is 11.1 Å². The highest BCUT2D eigenvalue weighted by Gasteiger charge is 2.10. The molecule has 0 bridgehead atoms. The number of nitrogens with one attached hydrogen (secondary N) is 1. The van der Waals surface area contributed by atoms with Gasteiger partial charge in [0, 0.05) is 24.1 Å². The molecule has 3 N–H and O–H groups in total. The Balaban J connectivity index is 2.17. The van der Waals surface area contributed by atoms with Gasteiger partial charge >= 0.3 is 0 Å². The van der Waals surface area contributed by atoms with Gasteiger partial charge in [-0.1, -0.05) is 0 Å². The van der Waals surface area contributed by atoms with E-state index < -0.39 is 0 Å². The molecule has 88 valence electrons. The van der Waals surface area contributed by atoms with Crippen LogP contribution in [0.3, 0.4) is 0 Å². The van der Waals surface area contributed by atoms with E-state index in [1.807, 2.05) is 30.7 Å². The minimum Gasteiger partial charge on any atom is -0.399 e. The van der Waals surface area contributed by atoms with Gasteiger partial charge in [0.05, 0.1) is 0 Å². The number of nitrogens with zero attached hydrogens (tertiary/aromatic N) is 1. The first-order chi connectivity index (χ1) is 8.08. The second-order valence-corrected chi connectivity index (χ2v) is 4.00. The van der Waals surface area contributed by atoms with Crippen LogP contribution in [0.5, 0.6) is 0 Å². The van der Waals surface area contributed by atoms with E-state index in [4.69, 9.17) is 5.73 Å². The van der Waals surface area contributed by atoms with Gasteiger partial charge in [-0.05, 0) is 43.3 Å². The van der Waals surface area contributed by atoms with Gasteiger partial charge in [-0.2, -0.15) is 0 Å². The largest absolute Gasteiger partial charge is 0.399 e. The topological polar surface area (TPSA) is 60.1 Å². The Morgan fingerprint density at radius 1 is 1.18 bits per heavy atom. The van der Waals surface area contributed by atoms with Crippen molar-refractivity contribution in [3.8, 4) is 0 Å². The fourth-order valence-corrected chi connectivity index (χ4v) is 1.60. The van der Waals surface area contributed by atoms with E-state index in [0.717, 1.165) is 11.4 Å². The first kappa shape index (κ1) is 11.3. The van der Waals surface area contributed by atoms with Crippen LogP contribution in [-0.4, -0.2) is 10.5 Å². The first-order valence-corrected chi connectivity index (χ1v) is 5.37. The van der Waals surface area contributed by atoms with Crippen molar-refractivity contribution in [1.82, 2.24) is 4.57 Å². The van der Waals surface area contributed by atoms with E-state index in [1.165, 1.54) is 0 Å². The molecule has 0 unspecified atom stereocenters. The van der Waals surface area contributed by atoms with Gasteiger partial charge < -0.3 is 15.6 Å². The molecular formula is C13H15N3O. The van der Waals surface area contributed by atoms with Crippen LogP contribution >= 0.6 is 0 Å². The Bertz CT molecular complexity index is 540. The van der Waals surface area contributed by atoms with Crippen LogP contribution in [-0.2, 0) is 7.05 Å². The van der Waals surface area contributed by atoms with E-state index in [0.29, 0.717) is 11.4 Å². The molecule has 2 aromatic rings. The van der Waals surface area contributed by atoms with Crippen LogP contribution in [0.1, 0.15) is 16.2 Å². The molecule has 0 radical (unpaired) electrons. The van der Waals surface area contributed by atoms with Gasteiger partial charge in [-0.25, -0.2) is 0 Å². The smallest absolute Gasteiger partial charge is 0.272 e. The number of carbonyl (C=O) groups excluding carboxylic acids is 1. The Morgan fingerprint density at radius 2 is 1.82 bits per heavy atom. The second-order valence-electron chi connectivity index (χ2n) is 4.00. The maximum atomic E-state index is 12.0. The van der Waals surface area contributed by atoms with E-state index in [9.17, 15) is 4.79 Å². The van der Waals surface area contributed by atoms with Gasteiger partial charge in [-0.3, -0.25) is 4.79 Å². The highest BCUT2D eigenvalue weighted by molar-refractivity contribution is 6.03. The number of benzene rings is 1. The van der Waals surface area contributed by atoms with Crippen molar-refractivity contribution in [3.63, 3.8) is 0 Å². The quantitative estimate of drug-likeness (QED) is 0.775. The molecule has 0 fully saturated rings. The molecule has 0 aliphatic heterocycles. The highest BCUT2D eigenvalue weighted by atomic mass is 16.1. The summed E-state index contributed by atoms with van der Waals surface area (Å²) in [7, 11) is 1.87. The van der Waals surface area contributed by atoms with Crippen LogP contribution in [0.2, 0.25) is 0 Å². The van der Waals surface area contributed by atoms with Gasteiger partial charge in [0.15, 0.2) is 0 Å². The van der Waals surface area contributed by atoms with Crippen LogP contribution in [0.15, 0.2) is 36.4 Å². The SMILES string of the molecule is Cc1ccc(C(=O)Nc2ccc(N)cc2)n1C. The van der Waals surface area contributed by atoms with Crippen molar-refractivity contribution in [2.75, 3.05) is 11.1 Å². The lowest BCUT2D eigenvalue weighted by atomic mass is 10.3. The lowest BCUT2D eigenvalue weighted by Crippen LogP contribution is -2.15. The lowest BCUT2D eigenvalue weighted by molar-refractivity contribution is 0.101. The summed E-state index contributed by atoms with van der Waals surface area (Å²) in [5.74, 6) is -0.120. The van der Waals surface area contributed by atoms with Gasteiger partial charge in [0.2, 0.25) is 0 Å². The molecule has 0 saturated carbocycles. The van der Waals surface area contributed by atoms with E-state index in [1.54, 1.807) is 24.3 Å².